The molecule has 0 saturated carbocycles. The van der Waals surface area contributed by atoms with Crippen LogP contribution in [-0.4, -0.2) is 6.04 Å². The summed E-state index contributed by atoms with van der Waals surface area (Å²) in [6.45, 7) is 2.01. The Kier molecular flexibility index (Phi) is 5.15. The highest BCUT2D eigenvalue weighted by Crippen LogP contribution is 2.31. The smallest absolute Gasteiger partial charge is 0.123 e. The van der Waals surface area contributed by atoms with Crippen molar-refractivity contribution in [2.75, 3.05) is 0 Å². The quantitative estimate of drug-likeness (QED) is 0.884. The summed E-state index contributed by atoms with van der Waals surface area (Å²) in [5.41, 5.74) is 6.85. The second kappa shape index (κ2) is 6.86. The molecule has 0 aliphatic carbocycles. The molecule has 1 atom stereocenters. The highest BCUT2D eigenvalue weighted by atomic mass is 32.2. The summed E-state index contributed by atoms with van der Waals surface area (Å²) < 4.78 is 26.3. The fraction of sp³-hybridized carbons (Fsp3) is 0.250. The van der Waals surface area contributed by atoms with E-state index in [1.54, 1.807) is 18.2 Å². The van der Waals surface area contributed by atoms with Crippen LogP contribution in [0.1, 0.15) is 18.9 Å². The van der Waals surface area contributed by atoms with Gasteiger partial charge in [-0.25, -0.2) is 8.78 Å². The molecule has 20 heavy (non-hydrogen) atoms. The van der Waals surface area contributed by atoms with E-state index in [4.69, 9.17) is 5.73 Å². The first kappa shape index (κ1) is 15.0. The maximum Gasteiger partial charge on any atom is 0.123 e. The van der Waals surface area contributed by atoms with Crippen molar-refractivity contribution in [2.24, 2.45) is 5.73 Å². The average molecular weight is 293 g/mol. The van der Waals surface area contributed by atoms with Crippen LogP contribution in [0.5, 0.6) is 0 Å². The first-order chi connectivity index (χ1) is 9.58. The van der Waals surface area contributed by atoms with Gasteiger partial charge in [0.05, 0.1) is 0 Å². The van der Waals surface area contributed by atoms with E-state index in [9.17, 15) is 8.78 Å². The number of nitrogens with two attached hydrogens (primary N) is 1. The molecule has 0 saturated heterocycles. The average Bonchev–Trinajstić information content (AvgIpc) is 2.44. The predicted molar refractivity (Wildman–Crippen MR) is 78.9 cm³/mol. The van der Waals surface area contributed by atoms with Gasteiger partial charge in [-0.2, -0.15) is 0 Å². The van der Waals surface area contributed by atoms with Gasteiger partial charge >= 0.3 is 0 Å². The van der Waals surface area contributed by atoms with Gasteiger partial charge < -0.3 is 5.73 Å². The Labute approximate surface area is 122 Å². The molecule has 0 radical (unpaired) electrons. The molecule has 106 valence electrons. The lowest BCUT2D eigenvalue weighted by molar-refractivity contribution is 0.610. The van der Waals surface area contributed by atoms with Gasteiger partial charge in [-0.3, -0.25) is 0 Å². The lowest BCUT2D eigenvalue weighted by atomic mass is 10.0. The minimum absolute atomic E-state index is 0.0179. The SMILES string of the molecule is CCC(N)Cc1cc(F)ccc1Sc1ccc(F)cc1. The number of hydrogen-bond acceptors (Lipinski definition) is 2. The molecule has 1 unspecified atom stereocenters. The molecule has 0 fully saturated rings. The highest BCUT2D eigenvalue weighted by molar-refractivity contribution is 7.99. The lowest BCUT2D eigenvalue weighted by Gasteiger charge is -2.13. The normalized spacial score (nSPS) is 12.4. The van der Waals surface area contributed by atoms with Gasteiger partial charge in [-0.15, -0.1) is 0 Å². The lowest BCUT2D eigenvalue weighted by Crippen LogP contribution is -2.21. The Morgan fingerprint density at radius 3 is 2.35 bits per heavy atom. The minimum atomic E-state index is -0.262. The summed E-state index contributed by atoms with van der Waals surface area (Å²) in [5.74, 6) is -0.520. The molecule has 0 bridgehead atoms. The zero-order valence-electron chi connectivity index (χ0n) is 11.3. The van der Waals surface area contributed by atoms with E-state index in [-0.39, 0.29) is 17.7 Å². The number of rotatable bonds is 5. The van der Waals surface area contributed by atoms with Crippen molar-refractivity contribution >= 4 is 11.8 Å². The predicted octanol–water partition coefficient (Wildman–Crippen LogP) is 4.40. The molecule has 4 heteroatoms. The van der Waals surface area contributed by atoms with Gasteiger partial charge in [0.15, 0.2) is 0 Å². The van der Waals surface area contributed by atoms with E-state index < -0.39 is 0 Å². The van der Waals surface area contributed by atoms with Crippen molar-refractivity contribution in [1.82, 2.24) is 0 Å². The largest absolute Gasteiger partial charge is 0.327 e. The molecule has 1 nitrogen and oxygen atoms in total. The fourth-order valence-electron chi connectivity index (χ4n) is 1.86. The molecule has 0 aliphatic heterocycles. The molecule has 0 amide bonds. The first-order valence-electron chi connectivity index (χ1n) is 6.56. The molecular formula is C16H17F2NS. The molecular weight excluding hydrogens is 276 g/mol. The van der Waals surface area contributed by atoms with Crippen molar-refractivity contribution in [3.8, 4) is 0 Å². The van der Waals surface area contributed by atoms with Crippen LogP contribution in [0.3, 0.4) is 0 Å². The second-order valence-electron chi connectivity index (χ2n) is 4.68. The van der Waals surface area contributed by atoms with Gasteiger partial charge in [-0.05, 0) is 60.9 Å². The third kappa shape index (κ3) is 4.05. The van der Waals surface area contributed by atoms with Crippen molar-refractivity contribution < 1.29 is 8.78 Å². The van der Waals surface area contributed by atoms with Crippen LogP contribution >= 0.6 is 11.8 Å². The molecule has 2 N–H and O–H groups in total. The minimum Gasteiger partial charge on any atom is -0.327 e. The first-order valence-corrected chi connectivity index (χ1v) is 7.37. The van der Waals surface area contributed by atoms with Gasteiger partial charge in [0.2, 0.25) is 0 Å². The number of hydrogen-bond donors (Lipinski definition) is 1. The van der Waals surface area contributed by atoms with E-state index in [2.05, 4.69) is 0 Å². The summed E-state index contributed by atoms with van der Waals surface area (Å²) in [7, 11) is 0. The monoisotopic (exact) mass is 293 g/mol. The van der Waals surface area contributed by atoms with Crippen LogP contribution < -0.4 is 5.73 Å². The van der Waals surface area contributed by atoms with Gasteiger partial charge in [-0.1, -0.05) is 18.7 Å². The molecule has 0 aromatic heterocycles. The van der Waals surface area contributed by atoms with Crippen molar-refractivity contribution in [1.29, 1.82) is 0 Å². The third-order valence-electron chi connectivity index (χ3n) is 3.07. The molecule has 0 spiro atoms. The Morgan fingerprint density at radius 1 is 1.05 bits per heavy atom. The van der Waals surface area contributed by atoms with Gasteiger partial charge in [0, 0.05) is 15.8 Å². The second-order valence-corrected chi connectivity index (χ2v) is 5.80. The molecule has 2 aromatic rings. The van der Waals surface area contributed by atoms with Crippen molar-refractivity contribution in [3.05, 3.63) is 59.7 Å². The summed E-state index contributed by atoms with van der Waals surface area (Å²) >= 11 is 1.50. The maximum atomic E-state index is 13.4. The molecule has 0 heterocycles. The van der Waals surface area contributed by atoms with Crippen LogP contribution in [0.25, 0.3) is 0 Å². The Bertz CT molecular complexity index is 569. The summed E-state index contributed by atoms with van der Waals surface area (Å²) in [4.78, 5) is 1.88. The maximum absolute atomic E-state index is 13.4. The molecule has 0 aliphatic rings. The van der Waals surface area contributed by atoms with Crippen LogP contribution in [0, 0.1) is 11.6 Å². The standard InChI is InChI=1S/C16H17F2NS/c1-2-14(19)10-11-9-13(18)5-8-16(11)20-15-6-3-12(17)4-7-15/h3-9,14H,2,10,19H2,1H3. The Morgan fingerprint density at radius 2 is 1.70 bits per heavy atom. The Hall–Kier alpha value is -1.39. The third-order valence-corrected chi connectivity index (χ3v) is 4.20. The number of benzene rings is 2. The molecule has 2 rings (SSSR count). The van der Waals surface area contributed by atoms with Crippen LogP contribution in [-0.2, 0) is 6.42 Å². The summed E-state index contributed by atoms with van der Waals surface area (Å²) in [6.07, 6.45) is 1.48. The van der Waals surface area contributed by atoms with Gasteiger partial charge in [0.1, 0.15) is 11.6 Å². The van der Waals surface area contributed by atoms with E-state index >= 15 is 0 Å². The summed E-state index contributed by atoms with van der Waals surface area (Å²) in [5, 5.41) is 0. The molecule has 2 aromatic carbocycles. The topological polar surface area (TPSA) is 26.0 Å². The zero-order valence-corrected chi connectivity index (χ0v) is 12.1. The highest BCUT2D eigenvalue weighted by Gasteiger charge is 2.10. The van der Waals surface area contributed by atoms with E-state index in [1.165, 1.54) is 36.0 Å². The summed E-state index contributed by atoms with van der Waals surface area (Å²) in [6, 6.07) is 11.0. The van der Waals surface area contributed by atoms with Crippen LogP contribution in [0.4, 0.5) is 8.78 Å². The van der Waals surface area contributed by atoms with Crippen molar-refractivity contribution in [2.45, 2.75) is 35.6 Å². The number of halogens is 2. The van der Waals surface area contributed by atoms with E-state index in [0.29, 0.717) is 6.42 Å². The fourth-order valence-corrected chi connectivity index (χ4v) is 2.80. The van der Waals surface area contributed by atoms with Crippen molar-refractivity contribution in [3.63, 3.8) is 0 Å². The van der Waals surface area contributed by atoms with E-state index in [1.807, 2.05) is 6.92 Å². The van der Waals surface area contributed by atoms with Gasteiger partial charge in [0.25, 0.3) is 0 Å². The van der Waals surface area contributed by atoms with Crippen LogP contribution in [0.15, 0.2) is 52.3 Å². The van der Waals surface area contributed by atoms with E-state index in [0.717, 1.165) is 21.8 Å². The zero-order chi connectivity index (χ0) is 14.5. The Balaban J connectivity index is 2.23. The van der Waals surface area contributed by atoms with Crippen LogP contribution in [0.2, 0.25) is 0 Å².